The van der Waals surface area contributed by atoms with Gasteiger partial charge >= 0.3 is 6.18 Å². The lowest BCUT2D eigenvalue weighted by atomic mass is 10.1. The Kier molecular flexibility index (Phi) is 6.22. The zero-order valence-corrected chi connectivity index (χ0v) is 10.1. The SMILES string of the molecule is CCCNC1CCOCC1OCCC(F)(F)F. The highest BCUT2D eigenvalue weighted by Crippen LogP contribution is 2.20. The van der Waals surface area contributed by atoms with E-state index in [-0.39, 0.29) is 18.8 Å². The first kappa shape index (κ1) is 14.7. The van der Waals surface area contributed by atoms with Crippen LogP contribution in [0.2, 0.25) is 0 Å². The summed E-state index contributed by atoms with van der Waals surface area (Å²) < 4.78 is 46.4. The Hall–Kier alpha value is -0.330. The summed E-state index contributed by atoms with van der Waals surface area (Å²) in [6.07, 6.45) is -3.53. The van der Waals surface area contributed by atoms with E-state index in [0.717, 1.165) is 19.4 Å². The lowest BCUT2D eigenvalue weighted by Gasteiger charge is -2.32. The van der Waals surface area contributed by atoms with Crippen molar-refractivity contribution in [2.75, 3.05) is 26.4 Å². The molecule has 17 heavy (non-hydrogen) atoms. The van der Waals surface area contributed by atoms with Crippen LogP contribution in [-0.2, 0) is 9.47 Å². The van der Waals surface area contributed by atoms with Gasteiger partial charge < -0.3 is 14.8 Å². The summed E-state index contributed by atoms with van der Waals surface area (Å²) >= 11 is 0. The Morgan fingerprint density at radius 1 is 1.41 bits per heavy atom. The highest BCUT2D eigenvalue weighted by atomic mass is 19.4. The largest absolute Gasteiger partial charge is 0.391 e. The highest BCUT2D eigenvalue weighted by molar-refractivity contribution is 4.80. The molecule has 1 aliphatic heterocycles. The third kappa shape index (κ3) is 6.24. The lowest BCUT2D eigenvalue weighted by Crippen LogP contribution is -2.48. The number of alkyl halides is 3. The van der Waals surface area contributed by atoms with Crippen molar-refractivity contribution in [3.8, 4) is 0 Å². The fourth-order valence-electron chi connectivity index (χ4n) is 1.77. The van der Waals surface area contributed by atoms with Gasteiger partial charge in [-0.25, -0.2) is 0 Å². The molecular weight excluding hydrogens is 235 g/mol. The van der Waals surface area contributed by atoms with E-state index < -0.39 is 12.6 Å². The maximum absolute atomic E-state index is 12.0. The van der Waals surface area contributed by atoms with E-state index in [1.54, 1.807) is 0 Å². The van der Waals surface area contributed by atoms with Crippen molar-refractivity contribution < 1.29 is 22.6 Å². The predicted molar refractivity (Wildman–Crippen MR) is 57.9 cm³/mol. The van der Waals surface area contributed by atoms with E-state index in [9.17, 15) is 13.2 Å². The number of rotatable bonds is 6. The maximum atomic E-state index is 12.0. The predicted octanol–water partition coefficient (Wildman–Crippen LogP) is 2.11. The Morgan fingerprint density at radius 2 is 2.18 bits per heavy atom. The molecule has 1 fully saturated rings. The van der Waals surface area contributed by atoms with Gasteiger partial charge in [0.15, 0.2) is 0 Å². The Morgan fingerprint density at radius 3 is 2.82 bits per heavy atom. The molecule has 1 N–H and O–H groups in total. The Balaban J connectivity index is 2.27. The van der Waals surface area contributed by atoms with Gasteiger partial charge in [0, 0.05) is 12.6 Å². The van der Waals surface area contributed by atoms with E-state index in [4.69, 9.17) is 9.47 Å². The average Bonchev–Trinajstić information content (AvgIpc) is 2.26. The standard InChI is InChI=1S/C11H20F3NO2/c1-2-5-15-9-3-6-16-8-10(9)17-7-4-11(12,13)14/h9-10,15H,2-8H2,1H3. The van der Waals surface area contributed by atoms with E-state index in [2.05, 4.69) is 5.32 Å². The molecule has 1 saturated heterocycles. The van der Waals surface area contributed by atoms with Crippen LogP contribution in [0.3, 0.4) is 0 Å². The van der Waals surface area contributed by atoms with Crippen LogP contribution in [-0.4, -0.2) is 44.7 Å². The van der Waals surface area contributed by atoms with Crippen LogP contribution in [0, 0.1) is 0 Å². The number of ether oxygens (including phenoxy) is 2. The molecule has 0 amide bonds. The van der Waals surface area contributed by atoms with Gasteiger partial charge in [0.1, 0.15) is 0 Å². The summed E-state index contributed by atoms with van der Waals surface area (Å²) in [6.45, 7) is 3.62. The van der Waals surface area contributed by atoms with Gasteiger partial charge in [-0.15, -0.1) is 0 Å². The summed E-state index contributed by atoms with van der Waals surface area (Å²) in [7, 11) is 0. The van der Waals surface area contributed by atoms with E-state index in [1.807, 2.05) is 6.92 Å². The number of nitrogens with one attached hydrogen (secondary N) is 1. The fourth-order valence-corrected chi connectivity index (χ4v) is 1.77. The first-order valence-corrected chi connectivity index (χ1v) is 6.02. The molecule has 3 nitrogen and oxygen atoms in total. The quantitative estimate of drug-likeness (QED) is 0.788. The third-order valence-electron chi connectivity index (χ3n) is 2.68. The van der Waals surface area contributed by atoms with Crippen LogP contribution < -0.4 is 5.32 Å². The molecule has 0 spiro atoms. The van der Waals surface area contributed by atoms with E-state index in [1.165, 1.54) is 0 Å². The summed E-state index contributed by atoms with van der Waals surface area (Å²) in [4.78, 5) is 0. The molecule has 0 radical (unpaired) electrons. The highest BCUT2D eigenvalue weighted by Gasteiger charge is 2.30. The van der Waals surface area contributed by atoms with Gasteiger partial charge in [-0.1, -0.05) is 6.92 Å². The minimum absolute atomic E-state index is 0.108. The van der Waals surface area contributed by atoms with Crippen LogP contribution in [0.5, 0.6) is 0 Å². The van der Waals surface area contributed by atoms with Gasteiger partial charge in [0.05, 0.1) is 25.7 Å². The van der Waals surface area contributed by atoms with Crippen molar-refractivity contribution in [1.29, 1.82) is 0 Å². The minimum atomic E-state index is -4.15. The van der Waals surface area contributed by atoms with Gasteiger partial charge in [-0.3, -0.25) is 0 Å². The molecule has 0 aromatic heterocycles. The second-order valence-electron chi connectivity index (χ2n) is 4.20. The molecule has 102 valence electrons. The third-order valence-corrected chi connectivity index (χ3v) is 2.68. The molecule has 2 atom stereocenters. The Bertz CT molecular complexity index is 211. The smallest absolute Gasteiger partial charge is 0.379 e. The molecule has 0 aliphatic carbocycles. The molecule has 2 unspecified atom stereocenters. The van der Waals surface area contributed by atoms with Crippen LogP contribution in [0.4, 0.5) is 13.2 Å². The molecule has 0 bridgehead atoms. The molecule has 1 aliphatic rings. The first-order valence-electron chi connectivity index (χ1n) is 6.02. The maximum Gasteiger partial charge on any atom is 0.391 e. The van der Waals surface area contributed by atoms with Crippen LogP contribution in [0.15, 0.2) is 0 Å². The van der Waals surface area contributed by atoms with Crippen molar-refractivity contribution in [2.24, 2.45) is 0 Å². The van der Waals surface area contributed by atoms with Crippen molar-refractivity contribution >= 4 is 0 Å². The van der Waals surface area contributed by atoms with Crippen molar-refractivity contribution in [1.82, 2.24) is 5.32 Å². The summed E-state index contributed by atoms with van der Waals surface area (Å²) in [5.74, 6) is 0. The van der Waals surface area contributed by atoms with Crippen LogP contribution in [0.25, 0.3) is 0 Å². The van der Waals surface area contributed by atoms with Crippen molar-refractivity contribution in [3.63, 3.8) is 0 Å². The summed E-state index contributed by atoms with van der Waals surface area (Å²) in [6, 6.07) is 0.108. The zero-order valence-electron chi connectivity index (χ0n) is 10.1. The molecule has 1 heterocycles. The molecule has 6 heteroatoms. The monoisotopic (exact) mass is 255 g/mol. The second kappa shape index (κ2) is 7.18. The van der Waals surface area contributed by atoms with Gasteiger partial charge in [0.25, 0.3) is 0 Å². The number of halogens is 3. The molecule has 0 aromatic rings. The lowest BCUT2D eigenvalue weighted by molar-refractivity contribution is -0.156. The van der Waals surface area contributed by atoms with Gasteiger partial charge in [-0.2, -0.15) is 13.2 Å². The van der Waals surface area contributed by atoms with Crippen LogP contribution in [0.1, 0.15) is 26.2 Å². The summed E-state index contributed by atoms with van der Waals surface area (Å²) in [5, 5.41) is 3.28. The number of hydrogen-bond donors (Lipinski definition) is 1. The number of hydrogen-bond acceptors (Lipinski definition) is 3. The Labute approximate surface area is 99.7 Å². The molecule has 0 saturated carbocycles. The molecule has 1 rings (SSSR count). The van der Waals surface area contributed by atoms with Crippen molar-refractivity contribution in [2.45, 2.75) is 44.5 Å². The minimum Gasteiger partial charge on any atom is -0.379 e. The summed E-state index contributed by atoms with van der Waals surface area (Å²) in [5.41, 5.74) is 0. The zero-order chi connectivity index (χ0) is 12.7. The fraction of sp³-hybridized carbons (Fsp3) is 1.00. The second-order valence-corrected chi connectivity index (χ2v) is 4.20. The molecule has 0 aromatic carbocycles. The first-order chi connectivity index (χ1) is 8.03. The molecular formula is C11H20F3NO2. The topological polar surface area (TPSA) is 30.5 Å². The normalized spacial score (nSPS) is 26.1. The van der Waals surface area contributed by atoms with E-state index >= 15 is 0 Å². The van der Waals surface area contributed by atoms with Crippen molar-refractivity contribution in [3.05, 3.63) is 0 Å². The average molecular weight is 255 g/mol. The van der Waals surface area contributed by atoms with Crippen LogP contribution >= 0.6 is 0 Å². The van der Waals surface area contributed by atoms with Gasteiger partial charge in [-0.05, 0) is 19.4 Å². The van der Waals surface area contributed by atoms with E-state index in [0.29, 0.717) is 13.2 Å². The van der Waals surface area contributed by atoms with Gasteiger partial charge in [0.2, 0.25) is 0 Å².